The average molecular weight is 346 g/mol. The van der Waals surface area contributed by atoms with E-state index in [1.54, 1.807) is 0 Å². The summed E-state index contributed by atoms with van der Waals surface area (Å²) in [4.78, 5) is 13.1. The largest absolute Gasteiger partial charge is 0.361 e. The van der Waals surface area contributed by atoms with Gasteiger partial charge in [-0.1, -0.05) is 37.3 Å². The van der Waals surface area contributed by atoms with Crippen LogP contribution >= 0.6 is 0 Å². The lowest BCUT2D eigenvalue weighted by molar-refractivity contribution is 0.185. The number of H-pyrrole nitrogens is 2. The highest BCUT2D eigenvalue weighted by atomic mass is 15.1. The normalized spacial score (nSPS) is 15.9. The number of likely N-dealkylation sites (tertiary alicyclic amines) is 1. The number of benzene rings is 1. The Morgan fingerprint density at radius 3 is 2.58 bits per heavy atom. The third kappa shape index (κ3) is 3.81. The highest BCUT2D eigenvalue weighted by Crippen LogP contribution is 2.20. The van der Waals surface area contributed by atoms with Gasteiger partial charge in [0.2, 0.25) is 0 Å². The van der Waals surface area contributed by atoms with Crippen LogP contribution in [0.25, 0.3) is 21.9 Å². The van der Waals surface area contributed by atoms with E-state index in [1.807, 2.05) is 30.7 Å². The molecule has 4 heterocycles. The first-order valence-corrected chi connectivity index (χ1v) is 9.45. The van der Waals surface area contributed by atoms with Gasteiger partial charge in [0.05, 0.1) is 5.52 Å². The monoisotopic (exact) mass is 346 g/mol. The van der Waals surface area contributed by atoms with Crippen molar-refractivity contribution < 1.29 is 0 Å². The van der Waals surface area contributed by atoms with Crippen molar-refractivity contribution in [3.05, 3.63) is 66.6 Å². The first-order chi connectivity index (χ1) is 12.8. The highest BCUT2D eigenvalue weighted by Gasteiger charge is 2.15. The number of hydrogen-bond donors (Lipinski definition) is 2. The van der Waals surface area contributed by atoms with Crippen LogP contribution in [0.4, 0.5) is 0 Å². The van der Waals surface area contributed by atoms with Gasteiger partial charge in [-0.05, 0) is 49.5 Å². The Balaban J connectivity index is 0.000000130. The van der Waals surface area contributed by atoms with Crippen LogP contribution in [0.1, 0.15) is 25.3 Å². The number of aromatic nitrogens is 3. The summed E-state index contributed by atoms with van der Waals surface area (Å²) in [6.07, 6.45) is 8.43. The van der Waals surface area contributed by atoms with Crippen LogP contribution in [0, 0.1) is 5.92 Å². The molecule has 0 amide bonds. The summed E-state index contributed by atoms with van der Waals surface area (Å²) in [7, 11) is 0. The van der Waals surface area contributed by atoms with Gasteiger partial charge in [0.15, 0.2) is 0 Å². The van der Waals surface area contributed by atoms with Gasteiger partial charge in [-0.15, -0.1) is 0 Å². The molecule has 1 aliphatic heterocycles. The van der Waals surface area contributed by atoms with Gasteiger partial charge < -0.3 is 9.97 Å². The van der Waals surface area contributed by atoms with E-state index in [-0.39, 0.29) is 0 Å². The molecular weight excluding hydrogens is 320 g/mol. The fourth-order valence-electron chi connectivity index (χ4n) is 3.59. The van der Waals surface area contributed by atoms with Crippen molar-refractivity contribution in [1.82, 2.24) is 19.9 Å². The number of piperidine rings is 1. The molecule has 1 fully saturated rings. The molecule has 0 atom stereocenters. The molecule has 0 bridgehead atoms. The molecule has 1 saturated heterocycles. The number of hydrogen-bond acceptors (Lipinski definition) is 2. The zero-order valence-electron chi connectivity index (χ0n) is 15.3. The third-order valence-electron chi connectivity index (χ3n) is 5.23. The van der Waals surface area contributed by atoms with Crippen LogP contribution in [-0.2, 0) is 6.54 Å². The second kappa shape index (κ2) is 7.75. The molecule has 134 valence electrons. The first kappa shape index (κ1) is 16.9. The van der Waals surface area contributed by atoms with E-state index in [4.69, 9.17) is 0 Å². The molecular formula is C22H26N4. The second-order valence-electron chi connectivity index (χ2n) is 7.25. The highest BCUT2D eigenvalue weighted by molar-refractivity contribution is 6.02. The van der Waals surface area contributed by atoms with Gasteiger partial charge in [-0.3, -0.25) is 4.90 Å². The molecule has 4 heteroatoms. The van der Waals surface area contributed by atoms with Crippen LogP contribution in [-0.4, -0.2) is 32.9 Å². The Morgan fingerprint density at radius 1 is 1.00 bits per heavy atom. The summed E-state index contributed by atoms with van der Waals surface area (Å²) in [6.45, 7) is 6.04. The molecule has 0 spiro atoms. The summed E-state index contributed by atoms with van der Waals surface area (Å²) in [5, 5.41) is 2.31. The van der Waals surface area contributed by atoms with Crippen molar-refractivity contribution in [3.63, 3.8) is 0 Å². The third-order valence-corrected chi connectivity index (χ3v) is 5.23. The fourth-order valence-corrected chi connectivity index (χ4v) is 3.59. The molecule has 2 N–H and O–H groups in total. The number of fused-ring (bicyclic) bond motifs is 3. The first-order valence-electron chi connectivity index (χ1n) is 9.45. The molecule has 4 nitrogen and oxygen atoms in total. The lowest BCUT2D eigenvalue weighted by Gasteiger charge is -2.30. The molecule has 4 aromatic rings. The predicted molar refractivity (Wildman–Crippen MR) is 108 cm³/mol. The van der Waals surface area contributed by atoms with E-state index in [0.717, 1.165) is 34.4 Å². The van der Waals surface area contributed by atoms with Crippen LogP contribution < -0.4 is 0 Å². The molecule has 0 unspecified atom stereocenters. The molecule has 3 aromatic heterocycles. The molecule has 0 radical (unpaired) electrons. The van der Waals surface area contributed by atoms with Crippen molar-refractivity contribution in [2.75, 3.05) is 13.1 Å². The maximum absolute atomic E-state index is 4.27. The van der Waals surface area contributed by atoms with Crippen LogP contribution in [0.3, 0.4) is 0 Å². The number of nitrogens with one attached hydrogen (secondary N) is 2. The molecule has 5 rings (SSSR count). The molecule has 1 aromatic carbocycles. The molecule has 26 heavy (non-hydrogen) atoms. The summed E-state index contributed by atoms with van der Waals surface area (Å²) in [6, 6.07) is 14.8. The summed E-state index contributed by atoms with van der Waals surface area (Å²) >= 11 is 0. The van der Waals surface area contributed by atoms with Gasteiger partial charge in [-0.2, -0.15) is 0 Å². The Hall–Kier alpha value is -2.59. The quantitative estimate of drug-likeness (QED) is 0.539. The van der Waals surface area contributed by atoms with Crippen LogP contribution in [0.15, 0.2) is 61.1 Å². The minimum Gasteiger partial charge on any atom is -0.361 e. The standard InChI is InChI=1S/C13H19N.C9H7N3/c1-12-7-9-14(10-8-12)11-13-5-3-2-4-6-13;1-3-10-8-6(1)5-12-9-7(8)2-4-11-9/h2-6,12H,7-11H2,1H3;1-5,10H,(H,11,12). The van der Waals surface area contributed by atoms with Crippen molar-refractivity contribution >= 4 is 21.9 Å². The smallest absolute Gasteiger partial charge is 0.139 e. The minimum atomic E-state index is 0.932. The maximum atomic E-state index is 4.27. The molecule has 1 aliphatic rings. The van der Waals surface area contributed by atoms with Crippen LogP contribution in [0.5, 0.6) is 0 Å². The summed E-state index contributed by atoms with van der Waals surface area (Å²) in [5.41, 5.74) is 3.54. The van der Waals surface area contributed by atoms with Crippen molar-refractivity contribution in [1.29, 1.82) is 0 Å². The second-order valence-corrected chi connectivity index (χ2v) is 7.25. The van der Waals surface area contributed by atoms with Crippen molar-refractivity contribution in [3.8, 4) is 0 Å². The van der Waals surface area contributed by atoms with Gasteiger partial charge in [0.1, 0.15) is 5.65 Å². The SMILES string of the molecule is CC1CCN(Cc2ccccc2)CC1.c1cc2c(ncc3cc[nH]c32)[nH]1. The predicted octanol–water partition coefficient (Wildman–Crippen LogP) is 4.96. The van der Waals surface area contributed by atoms with Gasteiger partial charge in [0, 0.05) is 35.9 Å². The molecule has 0 aliphatic carbocycles. The topological polar surface area (TPSA) is 47.7 Å². The van der Waals surface area contributed by atoms with E-state index in [9.17, 15) is 0 Å². The van der Waals surface area contributed by atoms with E-state index in [2.05, 4.69) is 57.1 Å². The number of aromatic amines is 2. The Bertz CT molecular complexity index is 896. The van der Waals surface area contributed by atoms with E-state index in [0.29, 0.717) is 0 Å². The van der Waals surface area contributed by atoms with E-state index < -0.39 is 0 Å². The number of nitrogens with zero attached hydrogens (tertiary/aromatic N) is 2. The number of rotatable bonds is 2. The summed E-state index contributed by atoms with van der Waals surface area (Å²) < 4.78 is 0. The maximum Gasteiger partial charge on any atom is 0.139 e. The Kier molecular flexibility index (Phi) is 5.02. The lowest BCUT2D eigenvalue weighted by Crippen LogP contribution is -2.32. The van der Waals surface area contributed by atoms with E-state index >= 15 is 0 Å². The lowest BCUT2D eigenvalue weighted by atomic mass is 9.99. The zero-order valence-corrected chi connectivity index (χ0v) is 15.3. The fraction of sp³-hybridized carbons (Fsp3) is 0.318. The van der Waals surface area contributed by atoms with E-state index in [1.165, 1.54) is 31.5 Å². The number of pyridine rings is 1. The Labute approximate surface area is 154 Å². The zero-order chi connectivity index (χ0) is 17.8. The average Bonchev–Trinajstić information content (AvgIpc) is 3.33. The summed E-state index contributed by atoms with van der Waals surface area (Å²) in [5.74, 6) is 0.932. The van der Waals surface area contributed by atoms with Crippen molar-refractivity contribution in [2.24, 2.45) is 5.92 Å². The van der Waals surface area contributed by atoms with Gasteiger partial charge in [0.25, 0.3) is 0 Å². The van der Waals surface area contributed by atoms with Crippen LogP contribution in [0.2, 0.25) is 0 Å². The minimum absolute atomic E-state index is 0.932. The van der Waals surface area contributed by atoms with Gasteiger partial charge >= 0.3 is 0 Å². The Morgan fingerprint density at radius 2 is 1.77 bits per heavy atom. The van der Waals surface area contributed by atoms with Crippen molar-refractivity contribution in [2.45, 2.75) is 26.3 Å². The van der Waals surface area contributed by atoms with Gasteiger partial charge in [-0.25, -0.2) is 4.98 Å². The molecule has 0 saturated carbocycles.